The molecule has 42 heavy (non-hydrogen) atoms. The Morgan fingerprint density at radius 2 is 1.43 bits per heavy atom. The summed E-state index contributed by atoms with van der Waals surface area (Å²) >= 11 is 0. The molecule has 0 radical (unpaired) electrons. The van der Waals surface area contributed by atoms with Gasteiger partial charge in [-0.25, -0.2) is 9.59 Å². The van der Waals surface area contributed by atoms with Crippen LogP contribution in [0.15, 0.2) is 97.1 Å². The summed E-state index contributed by atoms with van der Waals surface area (Å²) in [7, 11) is 0. The Hall–Kier alpha value is -5.18. The van der Waals surface area contributed by atoms with E-state index < -0.39 is 22.7 Å². The molecular weight excluding hydrogens is 534 g/mol. The normalized spacial score (nSPS) is 12.2. The Labute approximate surface area is 243 Å². The van der Waals surface area contributed by atoms with Gasteiger partial charge in [-0.3, -0.25) is 20.3 Å². The third-order valence-electron chi connectivity index (χ3n) is 6.90. The lowest BCUT2D eigenvalue weighted by atomic mass is 9.98. The van der Waals surface area contributed by atoms with Gasteiger partial charge in [-0.2, -0.15) is 0 Å². The second-order valence-corrected chi connectivity index (χ2v) is 10.9. The molecule has 214 valence electrons. The number of nitro groups is 1. The number of rotatable bonds is 7. The molecule has 0 unspecified atom stereocenters. The van der Waals surface area contributed by atoms with E-state index >= 15 is 0 Å². The number of nitrogens with one attached hydrogen (secondary N) is 1. The maximum absolute atomic E-state index is 13.9. The molecule has 9 nitrogen and oxygen atoms in total. The molecule has 0 heterocycles. The number of hydrogen-bond donors (Lipinski definition) is 1. The quantitative estimate of drug-likeness (QED) is 0.180. The lowest BCUT2D eigenvalue weighted by Gasteiger charge is -2.26. The number of nitro benzene ring substituents is 1. The van der Waals surface area contributed by atoms with Crippen molar-refractivity contribution in [3.05, 3.63) is 124 Å². The SMILES string of the molecule is CC(C)(C)OC(=O)Nc1ccccc1N(Cc1ccccc1[N+](=O)[O-])C(=O)OCC1c2ccccc2-c2ccccc21. The van der Waals surface area contributed by atoms with Crippen LogP contribution in [0.1, 0.15) is 43.4 Å². The number of benzene rings is 4. The Morgan fingerprint density at radius 3 is 2.07 bits per heavy atom. The van der Waals surface area contributed by atoms with Gasteiger partial charge in [0.2, 0.25) is 0 Å². The van der Waals surface area contributed by atoms with Gasteiger partial charge in [0.1, 0.15) is 12.2 Å². The number of carbonyl (C=O) groups is 2. The number of carbonyl (C=O) groups excluding carboxylic acids is 2. The first-order chi connectivity index (χ1) is 20.1. The van der Waals surface area contributed by atoms with Crippen molar-refractivity contribution in [1.82, 2.24) is 0 Å². The van der Waals surface area contributed by atoms with Gasteiger partial charge in [0.05, 0.1) is 22.8 Å². The lowest BCUT2D eigenvalue weighted by molar-refractivity contribution is -0.385. The zero-order valence-corrected chi connectivity index (χ0v) is 23.6. The standard InChI is InChI=1S/C33H31N3O6/c1-33(2,3)42-31(37)34-28-17-9-11-19-30(28)35(20-22-12-4-10-18-29(22)36(39)40)32(38)41-21-27-25-15-7-5-13-23(25)24-14-6-8-16-26(24)27/h4-19,27H,20-21H2,1-3H3,(H,34,37). The number of fused-ring (bicyclic) bond motifs is 3. The van der Waals surface area contributed by atoms with E-state index in [-0.39, 0.29) is 24.8 Å². The van der Waals surface area contributed by atoms with Gasteiger partial charge in [-0.05, 0) is 55.2 Å². The summed E-state index contributed by atoms with van der Waals surface area (Å²) in [5, 5.41) is 14.5. The fraction of sp³-hybridized carbons (Fsp3) is 0.212. The van der Waals surface area contributed by atoms with Crippen LogP contribution in [-0.2, 0) is 16.0 Å². The smallest absolute Gasteiger partial charge is 0.414 e. The van der Waals surface area contributed by atoms with Crippen molar-refractivity contribution < 1.29 is 24.0 Å². The molecule has 9 heteroatoms. The zero-order valence-electron chi connectivity index (χ0n) is 23.6. The van der Waals surface area contributed by atoms with Crippen LogP contribution in [0.4, 0.5) is 26.7 Å². The Morgan fingerprint density at radius 1 is 0.857 bits per heavy atom. The molecule has 0 fully saturated rings. The highest BCUT2D eigenvalue weighted by Gasteiger charge is 2.31. The first-order valence-electron chi connectivity index (χ1n) is 13.6. The topological polar surface area (TPSA) is 111 Å². The minimum atomic E-state index is -0.740. The summed E-state index contributed by atoms with van der Waals surface area (Å²) in [6.45, 7) is 5.13. The van der Waals surface area contributed by atoms with E-state index in [0.29, 0.717) is 16.9 Å². The number of nitrogens with zero attached hydrogens (tertiary/aromatic N) is 2. The van der Waals surface area contributed by atoms with Crippen LogP contribution in [0, 0.1) is 10.1 Å². The second kappa shape index (κ2) is 11.7. The Balaban J connectivity index is 1.47. The molecule has 5 rings (SSSR count). The van der Waals surface area contributed by atoms with Crippen molar-refractivity contribution >= 4 is 29.2 Å². The molecule has 1 N–H and O–H groups in total. The number of ether oxygens (including phenoxy) is 2. The van der Waals surface area contributed by atoms with Gasteiger partial charge in [-0.15, -0.1) is 0 Å². The van der Waals surface area contributed by atoms with Crippen molar-refractivity contribution in [2.24, 2.45) is 0 Å². The van der Waals surface area contributed by atoms with Crippen molar-refractivity contribution in [2.45, 2.75) is 38.8 Å². The molecule has 4 aromatic carbocycles. The van der Waals surface area contributed by atoms with Crippen LogP contribution in [0.2, 0.25) is 0 Å². The molecule has 2 amide bonds. The largest absolute Gasteiger partial charge is 0.448 e. The van der Waals surface area contributed by atoms with Crippen LogP contribution in [0.3, 0.4) is 0 Å². The molecule has 4 aromatic rings. The van der Waals surface area contributed by atoms with Crippen LogP contribution >= 0.6 is 0 Å². The summed E-state index contributed by atoms with van der Waals surface area (Å²) in [5.41, 5.74) is 4.34. The Bertz CT molecular complexity index is 1600. The van der Waals surface area contributed by atoms with E-state index in [2.05, 4.69) is 17.4 Å². The molecule has 0 aliphatic heterocycles. The van der Waals surface area contributed by atoms with E-state index in [9.17, 15) is 19.7 Å². The molecular formula is C33H31N3O6. The van der Waals surface area contributed by atoms with Gasteiger partial charge < -0.3 is 9.47 Å². The molecule has 0 saturated heterocycles. The van der Waals surface area contributed by atoms with E-state index in [0.717, 1.165) is 22.3 Å². The molecule has 0 bridgehead atoms. The van der Waals surface area contributed by atoms with Gasteiger partial charge in [-0.1, -0.05) is 78.9 Å². The number of para-hydroxylation sites is 3. The number of hydrogen-bond acceptors (Lipinski definition) is 6. The second-order valence-electron chi connectivity index (χ2n) is 10.9. The molecule has 1 aliphatic rings. The summed E-state index contributed by atoms with van der Waals surface area (Å²) in [6, 6.07) is 28.9. The third kappa shape index (κ3) is 6.10. The highest BCUT2D eigenvalue weighted by atomic mass is 16.6. The maximum atomic E-state index is 13.9. The fourth-order valence-electron chi connectivity index (χ4n) is 5.14. The summed E-state index contributed by atoms with van der Waals surface area (Å²) in [5.74, 6) is -0.176. The molecule has 0 saturated carbocycles. The summed E-state index contributed by atoms with van der Waals surface area (Å²) < 4.78 is 11.4. The summed E-state index contributed by atoms with van der Waals surface area (Å²) in [6.07, 6.45) is -1.42. The maximum Gasteiger partial charge on any atom is 0.414 e. The van der Waals surface area contributed by atoms with Crippen molar-refractivity contribution in [1.29, 1.82) is 0 Å². The first kappa shape index (κ1) is 28.4. The molecule has 0 spiro atoms. The van der Waals surface area contributed by atoms with Crippen LogP contribution in [-0.4, -0.2) is 29.3 Å². The van der Waals surface area contributed by atoms with Crippen molar-refractivity contribution in [3.8, 4) is 11.1 Å². The predicted molar refractivity (Wildman–Crippen MR) is 161 cm³/mol. The van der Waals surface area contributed by atoms with Crippen LogP contribution in [0.5, 0.6) is 0 Å². The number of amides is 2. The first-order valence-corrected chi connectivity index (χ1v) is 13.6. The monoisotopic (exact) mass is 565 g/mol. The average molecular weight is 566 g/mol. The minimum Gasteiger partial charge on any atom is -0.448 e. The van der Waals surface area contributed by atoms with Gasteiger partial charge in [0.25, 0.3) is 5.69 Å². The van der Waals surface area contributed by atoms with Gasteiger partial charge in [0, 0.05) is 17.5 Å². The molecule has 1 aliphatic carbocycles. The fourth-order valence-corrected chi connectivity index (χ4v) is 5.14. The molecule has 0 aromatic heterocycles. The van der Waals surface area contributed by atoms with Gasteiger partial charge >= 0.3 is 12.2 Å². The third-order valence-corrected chi connectivity index (χ3v) is 6.90. The lowest BCUT2D eigenvalue weighted by Crippen LogP contribution is -2.34. The van der Waals surface area contributed by atoms with E-state index in [1.165, 1.54) is 11.0 Å². The van der Waals surface area contributed by atoms with E-state index in [1.54, 1.807) is 63.2 Å². The van der Waals surface area contributed by atoms with Crippen molar-refractivity contribution in [3.63, 3.8) is 0 Å². The average Bonchev–Trinajstić information content (AvgIpc) is 3.28. The molecule has 0 atom stereocenters. The van der Waals surface area contributed by atoms with E-state index in [1.807, 2.05) is 36.4 Å². The van der Waals surface area contributed by atoms with Crippen LogP contribution in [0.25, 0.3) is 11.1 Å². The highest BCUT2D eigenvalue weighted by molar-refractivity contribution is 5.97. The highest BCUT2D eigenvalue weighted by Crippen LogP contribution is 2.44. The van der Waals surface area contributed by atoms with E-state index in [4.69, 9.17) is 9.47 Å². The zero-order chi connectivity index (χ0) is 29.9. The minimum absolute atomic E-state index is 0.0574. The van der Waals surface area contributed by atoms with Gasteiger partial charge in [0.15, 0.2) is 0 Å². The summed E-state index contributed by atoms with van der Waals surface area (Å²) in [4.78, 5) is 39.1. The van der Waals surface area contributed by atoms with Crippen molar-refractivity contribution in [2.75, 3.05) is 16.8 Å². The predicted octanol–water partition coefficient (Wildman–Crippen LogP) is 7.90. The number of anilines is 2. The van der Waals surface area contributed by atoms with Crippen LogP contribution < -0.4 is 10.2 Å². The Kier molecular flexibility index (Phi) is 7.93.